The van der Waals surface area contributed by atoms with E-state index in [-0.39, 0.29) is 37.5 Å². The number of carbonyl (C=O) groups is 3. The maximum Gasteiger partial charge on any atom is 0.306 e. The maximum absolute atomic E-state index is 12.7. The average Bonchev–Trinajstić information content (AvgIpc) is 3.18. The van der Waals surface area contributed by atoms with E-state index in [0.717, 1.165) is 64.2 Å². The van der Waals surface area contributed by atoms with Crippen molar-refractivity contribution in [2.75, 3.05) is 13.2 Å². The first kappa shape index (κ1) is 52.4. The molecule has 318 valence electrons. The first-order valence-corrected chi connectivity index (χ1v) is 23.1. The van der Waals surface area contributed by atoms with Crippen molar-refractivity contribution >= 4 is 17.9 Å². The van der Waals surface area contributed by atoms with E-state index in [4.69, 9.17) is 14.2 Å². The Labute approximate surface area is 339 Å². The molecule has 0 aliphatic rings. The van der Waals surface area contributed by atoms with Gasteiger partial charge in [0.15, 0.2) is 6.10 Å². The number of hydrogen-bond acceptors (Lipinski definition) is 6. The minimum atomic E-state index is -0.794. The van der Waals surface area contributed by atoms with Crippen molar-refractivity contribution in [3.63, 3.8) is 0 Å². The minimum absolute atomic E-state index is 0.0919. The topological polar surface area (TPSA) is 78.9 Å². The van der Waals surface area contributed by atoms with E-state index < -0.39 is 6.10 Å². The van der Waals surface area contributed by atoms with Gasteiger partial charge < -0.3 is 14.2 Å². The molecule has 0 fully saturated rings. The van der Waals surface area contributed by atoms with E-state index in [2.05, 4.69) is 57.2 Å². The summed E-state index contributed by atoms with van der Waals surface area (Å²) in [4.78, 5) is 37.7. The Morgan fingerprint density at radius 3 is 1.11 bits per heavy atom. The van der Waals surface area contributed by atoms with Crippen LogP contribution in [0.5, 0.6) is 0 Å². The summed E-state index contributed by atoms with van der Waals surface area (Å²) in [6.45, 7) is 6.44. The Morgan fingerprint density at radius 2 is 0.709 bits per heavy atom. The van der Waals surface area contributed by atoms with Gasteiger partial charge in [0, 0.05) is 19.3 Å². The van der Waals surface area contributed by atoms with E-state index in [1.54, 1.807) is 0 Å². The van der Waals surface area contributed by atoms with Gasteiger partial charge in [0.05, 0.1) is 0 Å². The fraction of sp³-hybridized carbons (Fsp3) is 0.776. The summed E-state index contributed by atoms with van der Waals surface area (Å²) in [6, 6.07) is 0. The molecule has 0 saturated heterocycles. The van der Waals surface area contributed by atoms with Crippen LogP contribution in [-0.2, 0) is 28.6 Å². The quantitative estimate of drug-likeness (QED) is 0.0267. The molecule has 6 heteroatoms. The van der Waals surface area contributed by atoms with E-state index in [9.17, 15) is 14.4 Å². The predicted octanol–water partition coefficient (Wildman–Crippen LogP) is 14.8. The first-order chi connectivity index (χ1) is 27.0. The standard InChI is InChI=1S/C49H86O6/c1-4-7-10-13-16-19-22-24-27-30-33-36-39-42-48(51)54-45-46(44-53-47(50)41-38-35-32-29-26-21-18-15-12-9-6-3)55-49(52)43-40-37-34-31-28-25-23-20-17-14-11-8-5-2/h7,10,16,19,24,27,33,36,46H,4-6,8-9,11-15,17-18,20-23,25-26,28-32,34-35,37-45H2,1-3H3/b10-7-,19-16-,27-24-,36-33-. The Bertz CT molecular complexity index is 980. The van der Waals surface area contributed by atoms with Gasteiger partial charge >= 0.3 is 17.9 Å². The van der Waals surface area contributed by atoms with Gasteiger partial charge in [-0.2, -0.15) is 0 Å². The van der Waals surface area contributed by atoms with Crippen molar-refractivity contribution in [3.05, 3.63) is 48.6 Å². The van der Waals surface area contributed by atoms with Gasteiger partial charge in [-0.15, -0.1) is 0 Å². The molecule has 0 aromatic carbocycles. The average molecular weight is 771 g/mol. The van der Waals surface area contributed by atoms with Gasteiger partial charge in [0.2, 0.25) is 0 Å². The van der Waals surface area contributed by atoms with Crippen LogP contribution in [0.25, 0.3) is 0 Å². The fourth-order valence-corrected chi connectivity index (χ4v) is 6.40. The molecule has 0 aromatic heterocycles. The van der Waals surface area contributed by atoms with Gasteiger partial charge in [-0.1, -0.05) is 211 Å². The molecule has 1 atom stereocenters. The maximum atomic E-state index is 12.7. The van der Waals surface area contributed by atoms with Crippen LogP contribution in [0, 0.1) is 0 Å². The Hall–Kier alpha value is -2.63. The Morgan fingerprint density at radius 1 is 0.382 bits per heavy atom. The zero-order valence-electron chi connectivity index (χ0n) is 36.2. The van der Waals surface area contributed by atoms with Crippen LogP contribution in [0.1, 0.15) is 226 Å². The molecule has 6 nitrogen and oxygen atoms in total. The van der Waals surface area contributed by atoms with Crippen LogP contribution in [0.2, 0.25) is 0 Å². The first-order valence-electron chi connectivity index (χ1n) is 23.1. The minimum Gasteiger partial charge on any atom is -0.462 e. The number of allylic oxidation sites excluding steroid dienone is 8. The van der Waals surface area contributed by atoms with Gasteiger partial charge in [-0.25, -0.2) is 0 Å². The Balaban J connectivity index is 4.45. The lowest BCUT2D eigenvalue weighted by molar-refractivity contribution is -0.166. The van der Waals surface area contributed by atoms with E-state index in [1.807, 2.05) is 12.2 Å². The highest BCUT2D eigenvalue weighted by Crippen LogP contribution is 2.15. The number of esters is 3. The summed E-state index contributed by atoms with van der Waals surface area (Å²) in [7, 11) is 0. The van der Waals surface area contributed by atoms with Crippen molar-refractivity contribution in [3.8, 4) is 0 Å². The summed E-state index contributed by atoms with van der Waals surface area (Å²) in [6.07, 6.45) is 51.0. The lowest BCUT2D eigenvalue weighted by Gasteiger charge is -2.18. The third-order valence-electron chi connectivity index (χ3n) is 9.86. The van der Waals surface area contributed by atoms with Gasteiger partial charge in [0.25, 0.3) is 0 Å². The van der Waals surface area contributed by atoms with Gasteiger partial charge in [0.1, 0.15) is 13.2 Å². The van der Waals surface area contributed by atoms with Crippen molar-refractivity contribution in [1.82, 2.24) is 0 Å². The van der Waals surface area contributed by atoms with Crippen molar-refractivity contribution < 1.29 is 28.6 Å². The molecule has 0 saturated carbocycles. The molecule has 0 spiro atoms. The second-order valence-electron chi connectivity index (χ2n) is 15.3. The highest BCUT2D eigenvalue weighted by molar-refractivity contribution is 5.71. The molecule has 1 unspecified atom stereocenters. The molecule has 0 bridgehead atoms. The largest absolute Gasteiger partial charge is 0.462 e. The normalized spacial score (nSPS) is 12.4. The van der Waals surface area contributed by atoms with Crippen LogP contribution >= 0.6 is 0 Å². The van der Waals surface area contributed by atoms with Crippen LogP contribution in [0.3, 0.4) is 0 Å². The van der Waals surface area contributed by atoms with Gasteiger partial charge in [-0.05, 0) is 44.9 Å². The number of rotatable bonds is 41. The SMILES string of the molecule is CC/C=C\C/C=C\C/C=C\C/C=C\CCC(=O)OCC(COC(=O)CCCCCCCCCCCCC)OC(=O)CCCCCCCCCCCCCCC. The fourth-order valence-electron chi connectivity index (χ4n) is 6.40. The van der Waals surface area contributed by atoms with E-state index in [1.165, 1.54) is 116 Å². The molecular weight excluding hydrogens is 685 g/mol. The third-order valence-corrected chi connectivity index (χ3v) is 9.86. The molecule has 0 aliphatic carbocycles. The molecule has 0 rings (SSSR count). The van der Waals surface area contributed by atoms with Crippen molar-refractivity contribution in [2.45, 2.75) is 232 Å². The van der Waals surface area contributed by atoms with E-state index in [0.29, 0.717) is 19.3 Å². The van der Waals surface area contributed by atoms with Crippen LogP contribution < -0.4 is 0 Å². The highest BCUT2D eigenvalue weighted by atomic mass is 16.6. The number of ether oxygens (including phenoxy) is 3. The molecular formula is C49H86O6. The van der Waals surface area contributed by atoms with Crippen LogP contribution in [0.4, 0.5) is 0 Å². The summed E-state index contributed by atoms with van der Waals surface area (Å²) < 4.78 is 16.6. The molecule has 0 aliphatic heterocycles. The van der Waals surface area contributed by atoms with Crippen LogP contribution in [0.15, 0.2) is 48.6 Å². The zero-order chi connectivity index (χ0) is 40.1. The predicted molar refractivity (Wildman–Crippen MR) is 233 cm³/mol. The molecule has 0 amide bonds. The second-order valence-corrected chi connectivity index (χ2v) is 15.3. The van der Waals surface area contributed by atoms with E-state index >= 15 is 0 Å². The monoisotopic (exact) mass is 771 g/mol. The Kier molecular flexibility index (Phi) is 42.0. The molecule has 0 heterocycles. The molecule has 55 heavy (non-hydrogen) atoms. The smallest absolute Gasteiger partial charge is 0.306 e. The summed E-state index contributed by atoms with van der Waals surface area (Å²) in [5.74, 6) is -0.975. The number of hydrogen-bond donors (Lipinski definition) is 0. The summed E-state index contributed by atoms with van der Waals surface area (Å²) in [5, 5.41) is 0. The lowest BCUT2D eigenvalue weighted by atomic mass is 10.0. The summed E-state index contributed by atoms with van der Waals surface area (Å²) in [5.41, 5.74) is 0. The summed E-state index contributed by atoms with van der Waals surface area (Å²) >= 11 is 0. The lowest BCUT2D eigenvalue weighted by Crippen LogP contribution is -2.30. The molecule has 0 aromatic rings. The second kappa shape index (κ2) is 44.1. The van der Waals surface area contributed by atoms with Crippen molar-refractivity contribution in [1.29, 1.82) is 0 Å². The van der Waals surface area contributed by atoms with Crippen molar-refractivity contribution in [2.24, 2.45) is 0 Å². The number of carbonyl (C=O) groups excluding carboxylic acids is 3. The van der Waals surface area contributed by atoms with Crippen LogP contribution in [-0.4, -0.2) is 37.2 Å². The zero-order valence-corrected chi connectivity index (χ0v) is 36.2. The highest BCUT2D eigenvalue weighted by Gasteiger charge is 2.19. The number of unbranched alkanes of at least 4 members (excludes halogenated alkanes) is 22. The third kappa shape index (κ3) is 42.4. The van der Waals surface area contributed by atoms with Gasteiger partial charge in [-0.3, -0.25) is 14.4 Å². The molecule has 0 radical (unpaired) electrons. The molecule has 0 N–H and O–H groups in total.